The first-order chi connectivity index (χ1) is 17.2. The topological polar surface area (TPSA) is 107 Å². The van der Waals surface area contributed by atoms with Gasteiger partial charge in [0.1, 0.15) is 17.5 Å². The minimum Gasteiger partial charge on any atom is -0.497 e. The molecular formula is C25H28N6O4. The van der Waals surface area contributed by atoms with Gasteiger partial charge in [0.15, 0.2) is 5.82 Å². The van der Waals surface area contributed by atoms with Crippen molar-refractivity contribution >= 4 is 10.9 Å². The van der Waals surface area contributed by atoms with E-state index in [1.807, 2.05) is 55.5 Å². The van der Waals surface area contributed by atoms with Crippen LogP contribution in [0.15, 0.2) is 53.3 Å². The summed E-state index contributed by atoms with van der Waals surface area (Å²) in [5, 5.41) is 13.5. The second-order valence-electron chi connectivity index (χ2n) is 8.33. The molecule has 1 aliphatic heterocycles. The third kappa shape index (κ3) is 4.89. The Balaban J connectivity index is 1.57. The fraction of sp³-hybridized carbons (Fsp3) is 0.360. The first kappa shape index (κ1) is 23.0. The van der Waals surface area contributed by atoms with Crippen LogP contribution in [0.2, 0.25) is 0 Å². The third-order valence-electron chi connectivity index (χ3n) is 6.16. The lowest BCUT2D eigenvalue weighted by Crippen LogP contribution is -2.42. The van der Waals surface area contributed by atoms with Crippen LogP contribution in [-0.4, -0.2) is 70.1 Å². The summed E-state index contributed by atoms with van der Waals surface area (Å²) in [7, 11) is 1.64. The fourth-order valence-corrected chi connectivity index (χ4v) is 4.42. The van der Waals surface area contributed by atoms with Crippen LogP contribution in [-0.2, 0) is 11.3 Å². The first-order valence-corrected chi connectivity index (χ1v) is 11.7. The number of ether oxygens (including phenoxy) is 3. The van der Waals surface area contributed by atoms with E-state index in [0.29, 0.717) is 50.8 Å². The van der Waals surface area contributed by atoms with Crippen molar-refractivity contribution in [2.24, 2.45) is 0 Å². The number of hydrogen-bond acceptors (Lipinski definition) is 8. The third-order valence-corrected chi connectivity index (χ3v) is 6.16. The molecule has 0 bridgehead atoms. The van der Waals surface area contributed by atoms with Crippen LogP contribution in [0.3, 0.4) is 0 Å². The van der Waals surface area contributed by atoms with Crippen molar-refractivity contribution in [1.29, 1.82) is 0 Å². The van der Waals surface area contributed by atoms with Crippen molar-refractivity contribution in [2.45, 2.75) is 19.5 Å². The number of aromatic amines is 1. The molecule has 35 heavy (non-hydrogen) atoms. The summed E-state index contributed by atoms with van der Waals surface area (Å²) in [4.78, 5) is 18.6. The van der Waals surface area contributed by atoms with E-state index in [-0.39, 0.29) is 5.56 Å². The predicted octanol–water partition coefficient (Wildman–Crippen LogP) is 2.39. The lowest BCUT2D eigenvalue weighted by molar-refractivity contribution is 0.0214. The highest BCUT2D eigenvalue weighted by atomic mass is 16.5. The van der Waals surface area contributed by atoms with Crippen molar-refractivity contribution in [2.75, 3.05) is 40.0 Å². The number of aromatic nitrogens is 5. The van der Waals surface area contributed by atoms with E-state index in [4.69, 9.17) is 14.2 Å². The number of hydrogen-bond donors (Lipinski definition) is 1. The Labute approximate surface area is 202 Å². The molecule has 182 valence electrons. The Kier molecular flexibility index (Phi) is 6.73. The zero-order chi connectivity index (χ0) is 24.2. The first-order valence-electron chi connectivity index (χ1n) is 11.7. The van der Waals surface area contributed by atoms with Crippen molar-refractivity contribution < 1.29 is 14.2 Å². The number of tetrazole rings is 1. The van der Waals surface area contributed by atoms with Crippen molar-refractivity contribution in [1.82, 2.24) is 30.1 Å². The average molecular weight is 477 g/mol. The zero-order valence-electron chi connectivity index (χ0n) is 19.8. The SMILES string of the molecule is CCOc1ccc2[nH]c(=O)c([C@@H](c3nnnn3Cc3ccc(OC)cc3)N3CCOCC3)cc2c1. The van der Waals surface area contributed by atoms with Crippen LogP contribution < -0.4 is 15.0 Å². The van der Waals surface area contributed by atoms with Gasteiger partial charge in [0.05, 0.1) is 33.5 Å². The molecule has 0 unspecified atom stereocenters. The van der Waals surface area contributed by atoms with E-state index >= 15 is 0 Å². The van der Waals surface area contributed by atoms with Gasteiger partial charge >= 0.3 is 0 Å². The molecular weight excluding hydrogens is 448 g/mol. The van der Waals surface area contributed by atoms with Gasteiger partial charge in [-0.05, 0) is 59.3 Å². The number of nitrogens with zero attached hydrogens (tertiary/aromatic N) is 5. The molecule has 1 atom stereocenters. The smallest absolute Gasteiger partial charge is 0.253 e. The zero-order valence-corrected chi connectivity index (χ0v) is 19.8. The number of benzene rings is 2. The molecule has 4 aromatic rings. The molecule has 3 heterocycles. The minimum atomic E-state index is -0.434. The normalized spacial score (nSPS) is 15.3. The number of H-pyrrole nitrogens is 1. The maximum atomic E-state index is 13.3. The molecule has 1 aliphatic rings. The second-order valence-corrected chi connectivity index (χ2v) is 8.33. The highest BCUT2D eigenvalue weighted by Crippen LogP contribution is 2.29. The highest BCUT2D eigenvalue weighted by Gasteiger charge is 2.31. The van der Waals surface area contributed by atoms with Crippen molar-refractivity contribution in [3.05, 3.63) is 75.8 Å². The Morgan fingerprint density at radius 2 is 1.86 bits per heavy atom. The van der Waals surface area contributed by atoms with Crippen LogP contribution in [0.25, 0.3) is 10.9 Å². The second kappa shape index (κ2) is 10.2. The molecule has 0 saturated carbocycles. The van der Waals surface area contributed by atoms with Gasteiger partial charge in [-0.3, -0.25) is 9.69 Å². The summed E-state index contributed by atoms with van der Waals surface area (Å²) in [5.41, 5.74) is 2.19. The number of fused-ring (bicyclic) bond motifs is 1. The summed E-state index contributed by atoms with van der Waals surface area (Å²) in [6.45, 7) is 5.46. The molecule has 0 spiro atoms. The van der Waals surface area contributed by atoms with E-state index < -0.39 is 6.04 Å². The molecule has 2 aromatic heterocycles. The van der Waals surface area contributed by atoms with Gasteiger partial charge in [0.2, 0.25) is 0 Å². The molecule has 1 N–H and O–H groups in total. The van der Waals surface area contributed by atoms with Gasteiger partial charge < -0.3 is 19.2 Å². The van der Waals surface area contributed by atoms with E-state index in [9.17, 15) is 4.79 Å². The standard InChI is InChI=1S/C25H28N6O4/c1-3-35-20-8-9-22-18(14-20)15-21(25(32)26-22)23(30-10-12-34-13-11-30)24-27-28-29-31(24)16-17-4-6-19(33-2)7-5-17/h4-9,14-15,23H,3,10-13,16H2,1-2H3,(H,26,32)/t23-/m0/s1. The molecule has 5 rings (SSSR count). The Morgan fingerprint density at radius 3 is 2.60 bits per heavy atom. The number of rotatable bonds is 8. The Morgan fingerprint density at radius 1 is 1.09 bits per heavy atom. The summed E-state index contributed by atoms with van der Waals surface area (Å²) in [6.07, 6.45) is 0. The summed E-state index contributed by atoms with van der Waals surface area (Å²) < 4.78 is 18.3. The van der Waals surface area contributed by atoms with Crippen LogP contribution in [0.1, 0.15) is 29.9 Å². The molecule has 0 aliphatic carbocycles. The van der Waals surface area contributed by atoms with Crippen LogP contribution in [0.5, 0.6) is 11.5 Å². The summed E-state index contributed by atoms with van der Waals surface area (Å²) in [6, 6.07) is 14.9. The molecule has 2 aromatic carbocycles. The average Bonchev–Trinajstić information content (AvgIpc) is 3.33. The number of nitrogens with one attached hydrogen (secondary N) is 1. The lowest BCUT2D eigenvalue weighted by Gasteiger charge is -2.33. The molecule has 1 saturated heterocycles. The van der Waals surface area contributed by atoms with Gasteiger partial charge in [-0.2, -0.15) is 0 Å². The monoisotopic (exact) mass is 476 g/mol. The van der Waals surface area contributed by atoms with E-state index in [1.54, 1.807) is 11.8 Å². The highest BCUT2D eigenvalue weighted by molar-refractivity contribution is 5.80. The maximum absolute atomic E-state index is 13.3. The predicted molar refractivity (Wildman–Crippen MR) is 130 cm³/mol. The van der Waals surface area contributed by atoms with Gasteiger partial charge in [-0.15, -0.1) is 5.10 Å². The quantitative estimate of drug-likeness (QED) is 0.413. The van der Waals surface area contributed by atoms with E-state index in [1.165, 1.54) is 0 Å². The molecule has 10 heteroatoms. The van der Waals surface area contributed by atoms with Gasteiger partial charge in [-0.25, -0.2) is 4.68 Å². The van der Waals surface area contributed by atoms with Crippen LogP contribution in [0, 0.1) is 0 Å². The number of methoxy groups -OCH3 is 1. The minimum absolute atomic E-state index is 0.169. The van der Waals surface area contributed by atoms with E-state index in [0.717, 1.165) is 28.0 Å². The van der Waals surface area contributed by atoms with Gasteiger partial charge in [0.25, 0.3) is 5.56 Å². The van der Waals surface area contributed by atoms with Crippen molar-refractivity contribution in [3.63, 3.8) is 0 Å². The fourth-order valence-electron chi connectivity index (χ4n) is 4.42. The van der Waals surface area contributed by atoms with E-state index in [2.05, 4.69) is 25.4 Å². The maximum Gasteiger partial charge on any atom is 0.253 e. The lowest BCUT2D eigenvalue weighted by atomic mass is 10.0. The summed E-state index contributed by atoms with van der Waals surface area (Å²) in [5.74, 6) is 2.14. The summed E-state index contributed by atoms with van der Waals surface area (Å²) >= 11 is 0. The largest absolute Gasteiger partial charge is 0.497 e. The van der Waals surface area contributed by atoms with Crippen LogP contribution >= 0.6 is 0 Å². The molecule has 1 fully saturated rings. The Hall–Kier alpha value is -3.76. The van der Waals surface area contributed by atoms with Gasteiger partial charge in [0, 0.05) is 29.6 Å². The van der Waals surface area contributed by atoms with Gasteiger partial charge in [-0.1, -0.05) is 12.1 Å². The number of pyridine rings is 1. The number of morpholine rings is 1. The molecule has 10 nitrogen and oxygen atoms in total. The molecule has 0 radical (unpaired) electrons. The van der Waals surface area contributed by atoms with Crippen LogP contribution in [0.4, 0.5) is 0 Å². The molecule has 0 amide bonds. The Bertz CT molecular complexity index is 1340. The van der Waals surface area contributed by atoms with Crippen molar-refractivity contribution in [3.8, 4) is 11.5 Å².